The van der Waals surface area contributed by atoms with E-state index in [-0.39, 0.29) is 5.60 Å². The maximum atomic E-state index is 5.07. The van der Waals surface area contributed by atoms with E-state index in [1.165, 1.54) is 0 Å². The minimum absolute atomic E-state index is 0.110. The Kier molecular flexibility index (Phi) is 3.44. The lowest BCUT2D eigenvalue weighted by molar-refractivity contribution is 0.147. The predicted molar refractivity (Wildman–Crippen MR) is 35.4 cm³/mol. The molecule has 0 saturated carbocycles. The molecule has 0 aliphatic rings. The van der Waals surface area contributed by atoms with Crippen LogP contribution >= 0.6 is 12.3 Å². The van der Waals surface area contributed by atoms with E-state index in [0.29, 0.717) is 0 Å². The van der Waals surface area contributed by atoms with Gasteiger partial charge < -0.3 is 0 Å². The third-order valence-electron chi connectivity index (χ3n) is 0.352. The van der Waals surface area contributed by atoms with E-state index >= 15 is 0 Å². The predicted octanol–water partition coefficient (Wildman–Crippen LogP) is 2.01. The van der Waals surface area contributed by atoms with Gasteiger partial charge in [-0.1, -0.05) is 0 Å². The quantitative estimate of drug-likeness (QED) is 0.541. The molecule has 0 aliphatic carbocycles. The van der Waals surface area contributed by atoms with E-state index < -0.39 is 0 Å². The Bertz CT molecular complexity index is 57.9. The lowest BCUT2D eigenvalue weighted by Gasteiger charge is -2.15. The first-order valence-electron chi connectivity index (χ1n) is 2.45. The van der Waals surface area contributed by atoms with Gasteiger partial charge in [-0.2, -0.15) is 0 Å². The van der Waals surface area contributed by atoms with Crippen molar-refractivity contribution in [2.24, 2.45) is 0 Å². The van der Waals surface area contributed by atoms with Crippen LogP contribution in [0.15, 0.2) is 0 Å². The van der Waals surface area contributed by atoms with Crippen LogP contribution in [0.4, 0.5) is 0 Å². The molecule has 0 fully saturated rings. The minimum atomic E-state index is -0.110. The van der Waals surface area contributed by atoms with Gasteiger partial charge in [-0.05, 0) is 20.8 Å². The molecule has 2 nitrogen and oxygen atoms in total. The fourth-order valence-electron chi connectivity index (χ4n) is 0.136. The van der Waals surface area contributed by atoms with Gasteiger partial charge >= 0.3 is 0 Å². The van der Waals surface area contributed by atoms with Crippen LogP contribution in [0, 0.1) is 0 Å². The van der Waals surface area contributed by atoms with Crippen LogP contribution in [0.3, 0.4) is 0 Å². The Hall–Kier alpha value is 0.270. The summed E-state index contributed by atoms with van der Waals surface area (Å²) in [6.07, 6.45) is 0. The van der Waals surface area contributed by atoms with Crippen molar-refractivity contribution in [2.45, 2.75) is 26.4 Å². The average molecular weight is 136 g/mol. The second-order valence-electron chi connectivity index (χ2n) is 2.43. The van der Waals surface area contributed by atoms with E-state index in [2.05, 4.69) is 4.18 Å². The van der Waals surface area contributed by atoms with Crippen molar-refractivity contribution in [1.82, 2.24) is 0 Å². The van der Waals surface area contributed by atoms with E-state index in [0.717, 1.165) is 12.3 Å². The van der Waals surface area contributed by atoms with Gasteiger partial charge in [0.2, 0.25) is 0 Å². The van der Waals surface area contributed by atoms with Crippen molar-refractivity contribution in [3.05, 3.63) is 0 Å². The van der Waals surface area contributed by atoms with Crippen molar-refractivity contribution in [1.29, 1.82) is 0 Å². The smallest absolute Gasteiger partial charge is 0.158 e. The molecule has 0 aromatic carbocycles. The Morgan fingerprint density at radius 3 is 1.88 bits per heavy atom. The van der Waals surface area contributed by atoms with Crippen LogP contribution in [0.5, 0.6) is 0 Å². The molecule has 0 heterocycles. The summed E-state index contributed by atoms with van der Waals surface area (Å²) in [5.41, 5.74) is -0.110. The van der Waals surface area contributed by atoms with E-state index in [1.807, 2.05) is 20.8 Å². The molecule has 0 saturated heterocycles. The molecule has 0 aliphatic heterocycles. The summed E-state index contributed by atoms with van der Waals surface area (Å²) in [5.74, 6) is 0. The van der Waals surface area contributed by atoms with Crippen LogP contribution in [0.2, 0.25) is 0 Å². The summed E-state index contributed by atoms with van der Waals surface area (Å²) in [6, 6.07) is 0. The van der Waals surface area contributed by atoms with E-state index in [1.54, 1.807) is 7.11 Å². The summed E-state index contributed by atoms with van der Waals surface area (Å²) in [6.45, 7) is 5.91. The second-order valence-corrected chi connectivity index (χ2v) is 3.07. The molecule has 0 rings (SSSR count). The molecule has 8 heavy (non-hydrogen) atoms. The number of hydrogen-bond donors (Lipinski definition) is 0. The molecule has 3 heteroatoms. The van der Waals surface area contributed by atoms with Crippen LogP contribution in [-0.2, 0) is 8.37 Å². The van der Waals surface area contributed by atoms with Gasteiger partial charge in [0.15, 0.2) is 12.3 Å². The first kappa shape index (κ1) is 8.27. The monoisotopic (exact) mass is 136 g/mol. The maximum absolute atomic E-state index is 5.07. The zero-order valence-corrected chi connectivity index (χ0v) is 6.54. The third kappa shape index (κ3) is 6.27. The van der Waals surface area contributed by atoms with Crippen LogP contribution in [0.25, 0.3) is 0 Å². The molecule has 0 N–H and O–H groups in total. The molecule has 0 radical (unpaired) electrons. The fraction of sp³-hybridized carbons (Fsp3) is 1.00. The first-order chi connectivity index (χ1) is 3.56. The Morgan fingerprint density at radius 1 is 1.25 bits per heavy atom. The standard InChI is InChI=1S/C5H12O2S/c1-5(2,3)7-8-6-4/h1-4H3. The summed E-state index contributed by atoms with van der Waals surface area (Å²) in [5, 5.41) is 0. The highest BCUT2D eigenvalue weighted by Gasteiger charge is 2.09. The molecule has 0 unspecified atom stereocenters. The fourth-order valence-corrected chi connectivity index (χ4v) is 0.408. The number of rotatable bonds is 2. The van der Waals surface area contributed by atoms with Gasteiger partial charge in [0.25, 0.3) is 0 Å². The van der Waals surface area contributed by atoms with Crippen molar-refractivity contribution in [3.63, 3.8) is 0 Å². The zero-order chi connectivity index (χ0) is 6.62. The molecule has 0 amide bonds. The SMILES string of the molecule is COSOC(C)(C)C. The lowest BCUT2D eigenvalue weighted by atomic mass is 10.2. The van der Waals surface area contributed by atoms with Gasteiger partial charge in [-0.3, -0.25) is 8.37 Å². The second kappa shape index (κ2) is 3.33. The van der Waals surface area contributed by atoms with Crippen molar-refractivity contribution in [3.8, 4) is 0 Å². The third-order valence-corrected chi connectivity index (χ3v) is 1.06. The van der Waals surface area contributed by atoms with Gasteiger partial charge in [-0.25, -0.2) is 0 Å². The first-order valence-corrected chi connectivity index (χ1v) is 3.11. The largest absolute Gasteiger partial charge is 0.295 e. The highest BCUT2D eigenvalue weighted by atomic mass is 32.2. The van der Waals surface area contributed by atoms with Crippen molar-refractivity contribution >= 4 is 12.3 Å². The maximum Gasteiger partial charge on any atom is 0.158 e. The minimum Gasteiger partial charge on any atom is -0.295 e. The van der Waals surface area contributed by atoms with Gasteiger partial charge in [0, 0.05) is 0 Å². The molecular weight excluding hydrogens is 124 g/mol. The normalized spacial score (nSPS) is 12.0. The van der Waals surface area contributed by atoms with E-state index in [4.69, 9.17) is 4.18 Å². The van der Waals surface area contributed by atoms with Crippen LogP contribution in [0.1, 0.15) is 20.8 Å². The van der Waals surface area contributed by atoms with Crippen molar-refractivity contribution < 1.29 is 8.37 Å². The summed E-state index contributed by atoms with van der Waals surface area (Å²) < 4.78 is 9.69. The Balaban J connectivity index is 3.11. The molecule has 0 atom stereocenters. The lowest BCUT2D eigenvalue weighted by Crippen LogP contribution is -2.14. The van der Waals surface area contributed by atoms with Gasteiger partial charge in [-0.15, -0.1) is 0 Å². The molecule has 0 spiro atoms. The summed E-state index contributed by atoms with van der Waals surface area (Å²) >= 11 is 1.02. The van der Waals surface area contributed by atoms with Crippen molar-refractivity contribution in [2.75, 3.05) is 7.11 Å². The number of hydrogen-bond acceptors (Lipinski definition) is 3. The molecule has 0 bridgehead atoms. The zero-order valence-electron chi connectivity index (χ0n) is 5.72. The van der Waals surface area contributed by atoms with Gasteiger partial charge in [0.05, 0.1) is 12.7 Å². The van der Waals surface area contributed by atoms with Crippen LogP contribution in [-0.4, -0.2) is 12.7 Å². The Labute approximate surface area is 55.0 Å². The highest BCUT2D eigenvalue weighted by molar-refractivity contribution is 7.89. The van der Waals surface area contributed by atoms with Crippen LogP contribution < -0.4 is 0 Å². The molecule has 0 aromatic rings. The highest BCUT2D eigenvalue weighted by Crippen LogP contribution is 2.15. The molecular formula is C5H12O2S. The average Bonchev–Trinajstić information content (AvgIpc) is 1.59. The molecule has 0 aromatic heterocycles. The Morgan fingerprint density at radius 2 is 1.75 bits per heavy atom. The summed E-state index contributed by atoms with van der Waals surface area (Å²) in [4.78, 5) is 0. The van der Waals surface area contributed by atoms with E-state index in [9.17, 15) is 0 Å². The summed E-state index contributed by atoms with van der Waals surface area (Å²) in [7, 11) is 1.58. The molecule has 50 valence electrons. The topological polar surface area (TPSA) is 18.5 Å². The van der Waals surface area contributed by atoms with Gasteiger partial charge in [0.1, 0.15) is 0 Å².